The van der Waals surface area contributed by atoms with Gasteiger partial charge in [0.2, 0.25) is 0 Å². The maximum atomic E-state index is 13.1. The van der Waals surface area contributed by atoms with Crippen molar-refractivity contribution in [3.8, 4) is 0 Å². The molecule has 2 rings (SSSR count). The topological polar surface area (TPSA) is 12.9 Å². The second-order valence-electron chi connectivity index (χ2n) is 3.97. The molecule has 0 unspecified atom stereocenters. The van der Waals surface area contributed by atoms with Gasteiger partial charge in [-0.15, -0.1) is 0 Å². The van der Waals surface area contributed by atoms with Crippen LogP contribution in [0, 0.1) is 11.6 Å². The molecule has 84 valence electrons. The normalized spacial score (nSPS) is 11.4. The third kappa shape index (κ3) is 1.87. The van der Waals surface area contributed by atoms with E-state index in [4.69, 9.17) is 11.6 Å². The van der Waals surface area contributed by atoms with Gasteiger partial charge < -0.3 is 0 Å². The molecule has 0 aliphatic heterocycles. The van der Waals surface area contributed by atoms with Crippen molar-refractivity contribution in [2.75, 3.05) is 0 Å². The van der Waals surface area contributed by atoms with E-state index in [1.54, 1.807) is 6.07 Å². The zero-order valence-electron chi connectivity index (χ0n) is 8.89. The van der Waals surface area contributed by atoms with E-state index in [1.165, 1.54) is 0 Å². The van der Waals surface area contributed by atoms with Crippen molar-refractivity contribution in [3.63, 3.8) is 0 Å². The third-order valence-electron chi connectivity index (χ3n) is 2.41. The molecule has 0 spiro atoms. The first-order valence-corrected chi connectivity index (χ1v) is 5.32. The number of benzene rings is 1. The molecular formula is C12H10ClF2N. The van der Waals surface area contributed by atoms with Gasteiger partial charge in [-0.2, -0.15) is 0 Å². The molecular weight excluding hydrogens is 232 g/mol. The zero-order chi connectivity index (χ0) is 11.9. The highest BCUT2D eigenvalue weighted by Crippen LogP contribution is 2.27. The van der Waals surface area contributed by atoms with Gasteiger partial charge in [0.25, 0.3) is 0 Å². The fourth-order valence-corrected chi connectivity index (χ4v) is 1.76. The standard InChI is InChI=1S/C12H10ClF2N/c1-6(2)11-4-8(13)7-3-9(14)10(15)5-12(7)16-11/h3-6H,1-2H3. The lowest BCUT2D eigenvalue weighted by Crippen LogP contribution is -1.95. The maximum absolute atomic E-state index is 13.1. The van der Waals surface area contributed by atoms with E-state index in [2.05, 4.69) is 4.98 Å². The average molecular weight is 242 g/mol. The van der Waals surface area contributed by atoms with Crippen molar-refractivity contribution in [2.24, 2.45) is 0 Å². The Morgan fingerprint density at radius 1 is 1.12 bits per heavy atom. The van der Waals surface area contributed by atoms with Gasteiger partial charge in [0, 0.05) is 17.1 Å². The van der Waals surface area contributed by atoms with Gasteiger partial charge in [0.05, 0.1) is 10.5 Å². The first-order chi connectivity index (χ1) is 7.49. The highest BCUT2D eigenvalue weighted by atomic mass is 35.5. The second kappa shape index (κ2) is 3.98. The Kier molecular flexibility index (Phi) is 2.80. The minimum absolute atomic E-state index is 0.190. The van der Waals surface area contributed by atoms with Crippen molar-refractivity contribution >= 4 is 22.5 Å². The fourth-order valence-electron chi connectivity index (χ4n) is 1.49. The lowest BCUT2D eigenvalue weighted by atomic mass is 10.1. The number of pyridine rings is 1. The minimum Gasteiger partial charge on any atom is -0.252 e. The molecule has 0 saturated carbocycles. The Bertz CT molecular complexity index is 552. The molecule has 1 aromatic heterocycles. The minimum atomic E-state index is -0.909. The number of hydrogen-bond donors (Lipinski definition) is 0. The lowest BCUT2D eigenvalue weighted by Gasteiger charge is -2.08. The van der Waals surface area contributed by atoms with Crippen molar-refractivity contribution in [3.05, 3.63) is 40.6 Å². The van der Waals surface area contributed by atoms with E-state index in [0.29, 0.717) is 15.9 Å². The molecule has 1 nitrogen and oxygen atoms in total. The van der Waals surface area contributed by atoms with E-state index < -0.39 is 11.6 Å². The number of hydrogen-bond acceptors (Lipinski definition) is 1. The molecule has 2 aromatic rings. The van der Waals surface area contributed by atoms with Crippen molar-refractivity contribution in [2.45, 2.75) is 19.8 Å². The third-order valence-corrected chi connectivity index (χ3v) is 2.72. The van der Waals surface area contributed by atoms with E-state index >= 15 is 0 Å². The molecule has 16 heavy (non-hydrogen) atoms. The molecule has 1 aromatic carbocycles. The predicted octanol–water partition coefficient (Wildman–Crippen LogP) is 4.29. The van der Waals surface area contributed by atoms with Crippen molar-refractivity contribution in [1.82, 2.24) is 4.98 Å². The van der Waals surface area contributed by atoms with Crippen molar-refractivity contribution in [1.29, 1.82) is 0 Å². The largest absolute Gasteiger partial charge is 0.252 e. The van der Waals surface area contributed by atoms with Crippen LogP contribution in [0.4, 0.5) is 8.78 Å². The number of rotatable bonds is 1. The molecule has 0 aliphatic carbocycles. The van der Waals surface area contributed by atoms with Gasteiger partial charge in [-0.1, -0.05) is 25.4 Å². The van der Waals surface area contributed by atoms with Crippen LogP contribution >= 0.6 is 11.6 Å². The summed E-state index contributed by atoms with van der Waals surface area (Å²) in [4.78, 5) is 4.25. The summed E-state index contributed by atoms with van der Waals surface area (Å²) in [6.45, 7) is 3.93. The Hall–Kier alpha value is -1.22. The Morgan fingerprint density at radius 2 is 1.75 bits per heavy atom. The van der Waals surface area contributed by atoms with Gasteiger partial charge in [-0.3, -0.25) is 4.98 Å². The zero-order valence-corrected chi connectivity index (χ0v) is 9.65. The number of nitrogens with zero attached hydrogens (tertiary/aromatic N) is 1. The summed E-state index contributed by atoms with van der Waals surface area (Å²) in [5.74, 6) is -1.62. The van der Waals surface area contributed by atoms with Gasteiger partial charge in [0.15, 0.2) is 11.6 Å². The average Bonchev–Trinajstić information content (AvgIpc) is 2.20. The monoisotopic (exact) mass is 241 g/mol. The number of fused-ring (bicyclic) bond motifs is 1. The van der Waals surface area contributed by atoms with E-state index in [9.17, 15) is 8.78 Å². The highest BCUT2D eigenvalue weighted by Gasteiger charge is 2.11. The number of halogens is 3. The first-order valence-electron chi connectivity index (χ1n) is 4.94. The van der Waals surface area contributed by atoms with Crippen molar-refractivity contribution < 1.29 is 8.78 Å². The summed E-state index contributed by atoms with van der Waals surface area (Å²) in [6, 6.07) is 3.83. The summed E-state index contributed by atoms with van der Waals surface area (Å²) in [5.41, 5.74) is 1.15. The molecule has 0 fully saturated rings. The molecule has 0 radical (unpaired) electrons. The van der Waals surface area contributed by atoms with Gasteiger partial charge in [-0.05, 0) is 18.1 Å². The summed E-state index contributed by atoms with van der Waals surface area (Å²) in [6.07, 6.45) is 0. The second-order valence-corrected chi connectivity index (χ2v) is 4.37. The van der Waals surface area contributed by atoms with E-state index in [0.717, 1.165) is 17.8 Å². The summed E-state index contributed by atoms with van der Waals surface area (Å²) < 4.78 is 26.1. The van der Waals surface area contributed by atoms with E-state index in [1.807, 2.05) is 13.8 Å². The van der Waals surface area contributed by atoms with Gasteiger partial charge in [-0.25, -0.2) is 8.78 Å². The summed E-state index contributed by atoms with van der Waals surface area (Å²) in [5, 5.41) is 0.831. The Labute approximate surface area is 97.1 Å². The smallest absolute Gasteiger partial charge is 0.161 e. The fraction of sp³-hybridized carbons (Fsp3) is 0.250. The lowest BCUT2D eigenvalue weighted by molar-refractivity contribution is 0.510. The SMILES string of the molecule is CC(C)c1cc(Cl)c2cc(F)c(F)cc2n1. The van der Waals surface area contributed by atoms with Gasteiger partial charge >= 0.3 is 0 Å². The van der Waals surface area contributed by atoms with Crippen LogP contribution in [0.5, 0.6) is 0 Å². The molecule has 1 heterocycles. The van der Waals surface area contributed by atoms with Crippen LogP contribution in [0.3, 0.4) is 0 Å². The molecule has 0 saturated heterocycles. The Balaban J connectivity index is 2.77. The maximum Gasteiger partial charge on any atom is 0.161 e. The first kappa shape index (κ1) is 11.3. The van der Waals surface area contributed by atoms with Crippen LogP contribution < -0.4 is 0 Å². The summed E-state index contributed by atoms with van der Waals surface area (Å²) >= 11 is 6.00. The molecule has 0 N–H and O–H groups in total. The van der Waals surface area contributed by atoms with Crippen LogP contribution in [-0.4, -0.2) is 4.98 Å². The van der Waals surface area contributed by atoms with Crippen LogP contribution in [0.1, 0.15) is 25.5 Å². The molecule has 0 aliphatic rings. The Morgan fingerprint density at radius 3 is 2.38 bits per heavy atom. The van der Waals surface area contributed by atoms with Gasteiger partial charge in [0.1, 0.15) is 0 Å². The molecule has 0 bridgehead atoms. The molecule has 4 heteroatoms. The highest BCUT2D eigenvalue weighted by molar-refractivity contribution is 6.35. The molecule has 0 amide bonds. The van der Waals surface area contributed by atoms with E-state index in [-0.39, 0.29) is 5.92 Å². The predicted molar refractivity (Wildman–Crippen MR) is 60.8 cm³/mol. The van der Waals surface area contributed by atoms with Crippen LogP contribution in [0.25, 0.3) is 10.9 Å². The van der Waals surface area contributed by atoms with Crippen LogP contribution in [0.15, 0.2) is 18.2 Å². The quantitative estimate of drug-likeness (QED) is 0.726. The number of aromatic nitrogens is 1. The summed E-state index contributed by atoms with van der Waals surface area (Å²) in [7, 11) is 0. The van der Waals surface area contributed by atoms with Crippen LogP contribution in [-0.2, 0) is 0 Å². The molecule has 0 atom stereocenters. The van der Waals surface area contributed by atoms with Crippen LogP contribution in [0.2, 0.25) is 5.02 Å².